The van der Waals surface area contributed by atoms with Crippen LogP contribution < -0.4 is 5.32 Å². The highest BCUT2D eigenvalue weighted by molar-refractivity contribution is 5.78. The number of benzene rings is 2. The minimum atomic E-state index is -0.434. The van der Waals surface area contributed by atoms with Gasteiger partial charge in [0.25, 0.3) is 5.69 Å². The zero-order valence-electron chi connectivity index (χ0n) is 22.6. The van der Waals surface area contributed by atoms with Crippen LogP contribution >= 0.6 is 0 Å². The summed E-state index contributed by atoms with van der Waals surface area (Å²) in [4.78, 5) is 25.8. The van der Waals surface area contributed by atoms with Crippen molar-refractivity contribution in [3.63, 3.8) is 0 Å². The van der Waals surface area contributed by atoms with Gasteiger partial charge in [0, 0.05) is 23.4 Å². The van der Waals surface area contributed by atoms with Crippen molar-refractivity contribution in [2.75, 3.05) is 5.32 Å². The van der Waals surface area contributed by atoms with Crippen molar-refractivity contribution in [3.05, 3.63) is 89.2 Å². The second kappa shape index (κ2) is 10.9. The van der Waals surface area contributed by atoms with E-state index in [-0.39, 0.29) is 23.7 Å². The molecule has 3 saturated heterocycles. The van der Waals surface area contributed by atoms with Gasteiger partial charge >= 0.3 is 0 Å². The highest BCUT2D eigenvalue weighted by Crippen LogP contribution is 2.45. The molecule has 0 aliphatic carbocycles. The quantitative estimate of drug-likeness (QED) is 0.169. The van der Waals surface area contributed by atoms with Gasteiger partial charge in [0.15, 0.2) is 11.5 Å². The Hall–Kier alpha value is -4.38. The number of aromatic nitrogens is 1. The molecule has 2 aromatic heterocycles. The molecule has 4 unspecified atom stereocenters. The molecule has 0 radical (unpaired) electrons. The summed E-state index contributed by atoms with van der Waals surface area (Å²) < 4.78 is 22.7. The Bertz CT molecular complexity index is 1520. The van der Waals surface area contributed by atoms with Crippen molar-refractivity contribution in [2.45, 2.75) is 56.9 Å². The molecule has 3 aliphatic rings. The van der Waals surface area contributed by atoms with E-state index in [0.717, 1.165) is 29.5 Å². The van der Waals surface area contributed by atoms with Crippen LogP contribution in [0.1, 0.15) is 26.7 Å². The Balaban J connectivity index is 0.000000207. The Labute approximate surface area is 236 Å². The molecule has 10 heteroatoms. The van der Waals surface area contributed by atoms with Crippen LogP contribution in [0.4, 0.5) is 11.4 Å². The van der Waals surface area contributed by atoms with E-state index in [9.17, 15) is 14.9 Å². The van der Waals surface area contributed by atoms with Crippen molar-refractivity contribution in [3.8, 4) is 33.8 Å². The number of nitrogens with one attached hydrogen (secondary N) is 1. The predicted octanol–water partition coefficient (Wildman–Crippen LogP) is 6.22. The number of ether oxygens (including phenoxy) is 3. The van der Waals surface area contributed by atoms with Crippen LogP contribution in [0.5, 0.6) is 0 Å². The summed E-state index contributed by atoms with van der Waals surface area (Å²) in [5.74, 6) is 0.231. The molecule has 1 N–H and O–H groups in total. The van der Waals surface area contributed by atoms with Crippen molar-refractivity contribution in [1.29, 1.82) is 0 Å². The van der Waals surface area contributed by atoms with Gasteiger partial charge in [0.05, 0.1) is 29.1 Å². The number of anilines is 1. The summed E-state index contributed by atoms with van der Waals surface area (Å²) in [7, 11) is 0. The topological polar surface area (TPSA) is 126 Å². The first-order valence-electron chi connectivity index (χ1n) is 13.4. The van der Waals surface area contributed by atoms with E-state index >= 15 is 0 Å². The number of nitro benzene ring substituents is 1. The Morgan fingerprint density at radius 2 is 1.54 bits per heavy atom. The lowest BCUT2D eigenvalue weighted by molar-refractivity contribution is -0.384. The lowest BCUT2D eigenvalue weighted by Crippen LogP contribution is -2.33. The first-order valence-corrected chi connectivity index (χ1v) is 13.4. The van der Waals surface area contributed by atoms with Gasteiger partial charge in [-0.05, 0) is 86.3 Å². The van der Waals surface area contributed by atoms with Crippen LogP contribution in [0.3, 0.4) is 0 Å². The summed E-state index contributed by atoms with van der Waals surface area (Å²) in [5, 5.41) is 13.5. The molecule has 41 heavy (non-hydrogen) atoms. The van der Waals surface area contributed by atoms with Crippen LogP contribution in [0, 0.1) is 10.1 Å². The molecule has 2 aromatic carbocycles. The smallest absolute Gasteiger partial charge is 0.269 e. The molecule has 4 atom stereocenters. The largest absolute Gasteiger partial charge is 0.463 e. The molecule has 2 bridgehead atoms. The molecule has 1 amide bonds. The third kappa shape index (κ3) is 5.62. The van der Waals surface area contributed by atoms with E-state index in [1.165, 1.54) is 12.1 Å². The van der Waals surface area contributed by atoms with Crippen LogP contribution in [0.15, 0.2) is 83.5 Å². The standard InChI is InChI=1S/C22H15N3O4.C9H14O3/c26-14-23-18-7-3-15(4-8-18)17-12-20(16-5-9-19(10-6-16)25(27)28)24-21(13-17)22-2-1-11-29-22;1-9(2)11-7-5-3-4-6(10-5)8(7)12-9/h1-14H,(H,23,26);5-8H,3-4H2,1-2H3. The third-order valence-electron chi connectivity index (χ3n) is 7.40. The van der Waals surface area contributed by atoms with Crippen LogP contribution in [-0.2, 0) is 19.0 Å². The Morgan fingerprint density at radius 1 is 0.902 bits per heavy atom. The molecule has 3 aliphatic heterocycles. The predicted molar refractivity (Wildman–Crippen MR) is 151 cm³/mol. The lowest BCUT2D eigenvalue weighted by Gasteiger charge is -2.19. The second-order valence-corrected chi connectivity index (χ2v) is 10.6. The molecule has 10 nitrogen and oxygen atoms in total. The number of non-ortho nitro benzene ring substituents is 1. The van der Waals surface area contributed by atoms with E-state index in [0.29, 0.717) is 41.5 Å². The van der Waals surface area contributed by atoms with Gasteiger partial charge in [-0.1, -0.05) is 12.1 Å². The van der Waals surface area contributed by atoms with E-state index in [1.54, 1.807) is 24.5 Å². The maximum atomic E-state index is 10.9. The van der Waals surface area contributed by atoms with Crippen LogP contribution in [-0.4, -0.2) is 46.5 Å². The van der Waals surface area contributed by atoms with Gasteiger partial charge in [-0.3, -0.25) is 14.9 Å². The molecule has 4 aromatic rings. The highest BCUT2D eigenvalue weighted by atomic mass is 16.8. The van der Waals surface area contributed by atoms with Crippen molar-refractivity contribution in [2.24, 2.45) is 0 Å². The zero-order chi connectivity index (χ0) is 28.6. The van der Waals surface area contributed by atoms with Crippen molar-refractivity contribution in [1.82, 2.24) is 4.98 Å². The maximum Gasteiger partial charge on any atom is 0.269 e. The SMILES string of the molecule is CC1(C)OC2C3CCC(O3)C2O1.O=CNc1ccc(-c2cc(-c3ccc([N+](=O)[O-])cc3)nc(-c3ccco3)c2)cc1. The summed E-state index contributed by atoms with van der Waals surface area (Å²) in [5.41, 5.74) is 4.62. The number of hydrogen-bond donors (Lipinski definition) is 1. The van der Waals surface area contributed by atoms with Crippen LogP contribution in [0.25, 0.3) is 33.8 Å². The number of rotatable bonds is 6. The van der Waals surface area contributed by atoms with Gasteiger partial charge in [0.1, 0.15) is 17.9 Å². The number of furan rings is 1. The number of carbonyl (C=O) groups excluding carboxylic acids is 1. The molecular weight excluding hydrogens is 526 g/mol. The van der Waals surface area contributed by atoms with Gasteiger partial charge in [-0.15, -0.1) is 0 Å². The Kier molecular flexibility index (Phi) is 7.12. The molecular formula is C31H29N3O7. The van der Waals surface area contributed by atoms with E-state index in [1.807, 2.05) is 56.3 Å². The summed E-state index contributed by atoms with van der Waals surface area (Å²) in [6.07, 6.45) is 5.52. The van der Waals surface area contributed by atoms with Crippen molar-refractivity contribution >= 4 is 17.8 Å². The maximum absolute atomic E-state index is 10.9. The van der Waals surface area contributed by atoms with E-state index in [4.69, 9.17) is 18.6 Å². The average molecular weight is 556 g/mol. The number of amides is 1. The minimum absolute atomic E-state index is 0.0226. The van der Waals surface area contributed by atoms with E-state index < -0.39 is 4.92 Å². The zero-order valence-corrected chi connectivity index (χ0v) is 22.6. The fourth-order valence-electron chi connectivity index (χ4n) is 5.54. The second-order valence-electron chi connectivity index (χ2n) is 10.6. The Morgan fingerprint density at radius 3 is 2.12 bits per heavy atom. The summed E-state index contributed by atoms with van der Waals surface area (Å²) in [6, 6.07) is 21.1. The number of pyridine rings is 1. The third-order valence-corrected chi connectivity index (χ3v) is 7.40. The monoisotopic (exact) mass is 555 g/mol. The summed E-state index contributed by atoms with van der Waals surface area (Å²) in [6.45, 7) is 3.95. The number of hydrogen-bond acceptors (Lipinski definition) is 8. The molecule has 210 valence electrons. The normalized spacial score (nSPS) is 23.4. The molecule has 0 saturated carbocycles. The first-order chi connectivity index (χ1) is 19.8. The van der Waals surface area contributed by atoms with Gasteiger partial charge in [-0.2, -0.15) is 0 Å². The molecule has 5 heterocycles. The average Bonchev–Trinajstić information content (AvgIpc) is 3.77. The molecule has 0 spiro atoms. The first kappa shape index (κ1) is 26.8. The number of nitrogens with zero attached hydrogens (tertiary/aromatic N) is 2. The fourth-order valence-corrected chi connectivity index (χ4v) is 5.54. The fraction of sp³-hybridized carbons (Fsp3) is 0.290. The van der Waals surface area contributed by atoms with E-state index in [2.05, 4.69) is 10.3 Å². The highest BCUT2D eigenvalue weighted by Gasteiger charge is 2.57. The van der Waals surface area contributed by atoms with Crippen LogP contribution in [0.2, 0.25) is 0 Å². The minimum Gasteiger partial charge on any atom is -0.463 e. The molecule has 7 rings (SSSR count). The summed E-state index contributed by atoms with van der Waals surface area (Å²) >= 11 is 0. The van der Waals surface area contributed by atoms with Gasteiger partial charge in [0.2, 0.25) is 6.41 Å². The number of nitro groups is 1. The number of carbonyl (C=O) groups is 1. The van der Waals surface area contributed by atoms with Gasteiger partial charge < -0.3 is 23.9 Å². The number of fused-ring (bicyclic) bond motifs is 5. The lowest BCUT2D eigenvalue weighted by atomic mass is 9.95. The van der Waals surface area contributed by atoms with Gasteiger partial charge in [-0.25, -0.2) is 4.98 Å². The van der Waals surface area contributed by atoms with Crippen molar-refractivity contribution < 1.29 is 28.3 Å². The molecule has 3 fully saturated rings.